The predicted octanol–water partition coefficient (Wildman–Crippen LogP) is 2.74. The van der Waals surface area contributed by atoms with E-state index in [1.54, 1.807) is 12.0 Å². The van der Waals surface area contributed by atoms with Gasteiger partial charge in [0.2, 0.25) is 5.91 Å². The molecule has 6 heteroatoms. The highest BCUT2D eigenvalue weighted by Gasteiger charge is 2.31. The van der Waals surface area contributed by atoms with Crippen LogP contribution in [0.2, 0.25) is 0 Å². The minimum Gasteiger partial charge on any atom is -0.497 e. The molecule has 6 nitrogen and oxygen atoms in total. The van der Waals surface area contributed by atoms with E-state index >= 15 is 0 Å². The maximum Gasteiger partial charge on any atom is 0.289 e. The van der Waals surface area contributed by atoms with Crippen molar-refractivity contribution in [1.29, 1.82) is 0 Å². The molecule has 1 aromatic heterocycles. The van der Waals surface area contributed by atoms with Crippen LogP contribution in [0.3, 0.4) is 0 Å². The fraction of sp³-hybridized carbons (Fsp3) is 0.474. The highest BCUT2D eigenvalue weighted by atomic mass is 16.5. The van der Waals surface area contributed by atoms with E-state index in [-0.39, 0.29) is 17.7 Å². The topological polar surface area (TPSA) is 71.8 Å². The summed E-state index contributed by atoms with van der Waals surface area (Å²) in [5.74, 6) is 0.791. The number of ether oxygens (including phenoxy) is 1. The van der Waals surface area contributed by atoms with Crippen molar-refractivity contribution in [2.24, 2.45) is 5.92 Å². The maximum atomic E-state index is 12.9. The highest BCUT2D eigenvalue weighted by Crippen LogP contribution is 2.30. The molecule has 1 atom stereocenters. The van der Waals surface area contributed by atoms with E-state index in [2.05, 4.69) is 5.32 Å². The van der Waals surface area contributed by atoms with Crippen molar-refractivity contribution < 1.29 is 18.7 Å². The van der Waals surface area contributed by atoms with E-state index in [1.165, 1.54) is 0 Å². The molecule has 1 saturated heterocycles. The molecule has 0 spiro atoms. The van der Waals surface area contributed by atoms with Gasteiger partial charge in [-0.3, -0.25) is 9.59 Å². The smallest absolute Gasteiger partial charge is 0.289 e. The van der Waals surface area contributed by atoms with Gasteiger partial charge in [0.25, 0.3) is 5.91 Å². The summed E-state index contributed by atoms with van der Waals surface area (Å²) < 4.78 is 11.1. The quantitative estimate of drug-likeness (QED) is 0.926. The highest BCUT2D eigenvalue weighted by molar-refractivity contribution is 5.99. The van der Waals surface area contributed by atoms with Crippen LogP contribution in [0.15, 0.2) is 22.6 Å². The molecule has 0 radical (unpaired) electrons. The van der Waals surface area contributed by atoms with E-state index in [9.17, 15) is 9.59 Å². The molecule has 134 valence electrons. The van der Waals surface area contributed by atoms with Gasteiger partial charge in [-0.1, -0.05) is 0 Å². The van der Waals surface area contributed by atoms with Gasteiger partial charge in [-0.05, 0) is 44.9 Å². The molecule has 2 amide bonds. The van der Waals surface area contributed by atoms with Gasteiger partial charge in [-0.15, -0.1) is 0 Å². The molecule has 0 aliphatic carbocycles. The number of fused-ring (bicyclic) bond motifs is 1. The molecule has 0 unspecified atom stereocenters. The lowest BCUT2D eigenvalue weighted by Crippen LogP contribution is -2.45. The van der Waals surface area contributed by atoms with Crippen molar-refractivity contribution in [3.8, 4) is 5.75 Å². The summed E-state index contributed by atoms with van der Waals surface area (Å²) in [7, 11) is 1.61. The first-order valence-electron chi connectivity index (χ1n) is 8.69. The van der Waals surface area contributed by atoms with Crippen molar-refractivity contribution in [3.63, 3.8) is 0 Å². The van der Waals surface area contributed by atoms with Gasteiger partial charge in [0.1, 0.15) is 11.3 Å². The van der Waals surface area contributed by atoms with Crippen LogP contribution < -0.4 is 10.1 Å². The van der Waals surface area contributed by atoms with Crippen molar-refractivity contribution >= 4 is 22.8 Å². The number of nitrogens with zero attached hydrogens (tertiary/aromatic N) is 1. The second-order valence-electron chi connectivity index (χ2n) is 6.40. The first-order valence-corrected chi connectivity index (χ1v) is 8.69. The zero-order valence-corrected chi connectivity index (χ0v) is 14.9. The first kappa shape index (κ1) is 17.3. The SMILES string of the molecule is CCNC(=O)[C@H]1CCCN(C(=O)c2oc3ccc(OC)cc3c2C)C1. The maximum absolute atomic E-state index is 12.9. The Morgan fingerprint density at radius 2 is 2.20 bits per heavy atom. The standard InChI is InChI=1S/C19H24N2O4/c1-4-20-18(22)13-6-5-9-21(11-13)19(23)17-12(2)15-10-14(24-3)7-8-16(15)25-17/h7-8,10,13H,4-6,9,11H2,1-3H3,(H,20,22)/t13-/m0/s1. The summed E-state index contributed by atoms with van der Waals surface area (Å²) in [5.41, 5.74) is 1.47. The number of rotatable bonds is 4. The van der Waals surface area contributed by atoms with Crippen LogP contribution in [-0.2, 0) is 4.79 Å². The molecule has 2 heterocycles. The largest absolute Gasteiger partial charge is 0.497 e. The fourth-order valence-corrected chi connectivity index (χ4v) is 3.37. The molecule has 2 aromatic rings. The van der Waals surface area contributed by atoms with E-state index in [0.29, 0.717) is 31.0 Å². The average Bonchev–Trinajstić information content (AvgIpc) is 2.97. The number of aryl methyl sites for hydroxylation is 1. The van der Waals surface area contributed by atoms with Crippen LogP contribution in [0.25, 0.3) is 11.0 Å². The summed E-state index contributed by atoms with van der Waals surface area (Å²) in [5, 5.41) is 3.72. The average molecular weight is 344 g/mol. The first-order chi connectivity index (χ1) is 12.0. The molecule has 0 saturated carbocycles. The third-order valence-corrected chi connectivity index (χ3v) is 4.77. The fourth-order valence-electron chi connectivity index (χ4n) is 3.37. The molecule has 1 N–H and O–H groups in total. The zero-order chi connectivity index (χ0) is 18.0. The van der Waals surface area contributed by atoms with Gasteiger partial charge in [-0.2, -0.15) is 0 Å². The Labute approximate surface area is 147 Å². The lowest BCUT2D eigenvalue weighted by Gasteiger charge is -2.31. The lowest BCUT2D eigenvalue weighted by atomic mass is 9.96. The number of nitrogens with one attached hydrogen (secondary N) is 1. The van der Waals surface area contributed by atoms with Crippen LogP contribution in [0, 0.1) is 12.8 Å². The van der Waals surface area contributed by atoms with E-state index in [1.807, 2.05) is 32.0 Å². The Kier molecular flexibility index (Phi) is 4.97. The van der Waals surface area contributed by atoms with E-state index in [4.69, 9.17) is 9.15 Å². The third kappa shape index (κ3) is 3.34. The second-order valence-corrected chi connectivity index (χ2v) is 6.40. The monoisotopic (exact) mass is 344 g/mol. The number of carbonyl (C=O) groups is 2. The number of likely N-dealkylation sites (tertiary alicyclic amines) is 1. The summed E-state index contributed by atoms with van der Waals surface area (Å²) >= 11 is 0. The molecular weight excluding hydrogens is 320 g/mol. The number of carbonyl (C=O) groups excluding carboxylic acids is 2. The van der Waals surface area contributed by atoms with E-state index < -0.39 is 0 Å². The molecule has 1 aliphatic heterocycles. The van der Waals surface area contributed by atoms with Gasteiger partial charge in [-0.25, -0.2) is 0 Å². The number of hydrogen-bond donors (Lipinski definition) is 1. The van der Waals surface area contributed by atoms with Gasteiger partial charge in [0, 0.05) is 30.6 Å². The zero-order valence-electron chi connectivity index (χ0n) is 14.9. The Morgan fingerprint density at radius 1 is 1.40 bits per heavy atom. The van der Waals surface area contributed by atoms with Gasteiger partial charge >= 0.3 is 0 Å². The van der Waals surface area contributed by atoms with Gasteiger partial charge in [0.05, 0.1) is 13.0 Å². The molecule has 1 fully saturated rings. The number of methoxy groups -OCH3 is 1. The molecule has 1 aromatic carbocycles. The second kappa shape index (κ2) is 7.17. The Morgan fingerprint density at radius 3 is 2.92 bits per heavy atom. The van der Waals surface area contributed by atoms with Crippen molar-refractivity contribution in [2.45, 2.75) is 26.7 Å². The molecular formula is C19H24N2O4. The van der Waals surface area contributed by atoms with Crippen molar-refractivity contribution in [2.75, 3.05) is 26.7 Å². The number of furan rings is 1. The van der Waals surface area contributed by atoms with Crippen LogP contribution >= 0.6 is 0 Å². The third-order valence-electron chi connectivity index (χ3n) is 4.77. The van der Waals surface area contributed by atoms with Gasteiger partial charge < -0.3 is 19.4 Å². The Hall–Kier alpha value is -2.50. The summed E-state index contributed by atoms with van der Waals surface area (Å²) in [6.45, 7) is 5.46. The Balaban J connectivity index is 1.84. The molecule has 25 heavy (non-hydrogen) atoms. The minimum absolute atomic E-state index is 0.0195. The minimum atomic E-state index is -0.151. The van der Waals surface area contributed by atoms with Crippen molar-refractivity contribution in [3.05, 3.63) is 29.5 Å². The van der Waals surface area contributed by atoms with Gasteiger partial charge in [0.15, 0.2) is 5.76 Å². The van der Waals surface area contributed by atoms with Crippen molar-refractivity contribution in [1.82, 2.24) is 10.2 Å². The summed E-state index contributed by atoms with van der Waals surface area (Å²) in [6.07, 6.45) is 1.63. The lowest BCUT2D eigenvalue weighted by molar-refractivity contribution is -0.126. The molecule has 1 aliphatic rings. The summed E-state index contributed by atoms with van der Waals surface area (Å²) in [4.78, 5) is 26.8. The van der Waals surface area contributed by atoms with Crippen LogP contribution in [0.1, 0.15) is 35.9 Å². The van der Waals surface area contributed by atoms with Crippen LogP contribution in [0.4, 0.5) is 0 Å². The normalized spacial score (nSPS) is 17.6. The van der Waals surface area contributed by atoms with Crippen LogP contribution in [0.5, 0.6) is 5.75 Å². The van der Waals surface area contributed by atoms with Crippen LogP contribution in [-0.4, -0.2) is 43.5 Å². The van der Waals surface area contributed by atoms with E-state index in [0.717, 1.165) is 29.5 Å². The number of piperidine rings is 1. The Bertz CT molecular complexity index is 796. The number of benzene rings is 1. The number of hydrogen-bond acceptors (Lipinski definition) is 4. The number of amides is 2. The predicted molar refractivity (Wildman–Crippen MR) is 94.8 cm³/mol. The summed E-state index contributed by atoms with van der Waals surface area (Å²) in [6, 6.07) is 5.50. The molecule has 3 rings (SSSR count). The molecule has 0 bridgehead atoms.